The van der Waals surface area contributed by atoms with E-state index in [2.05, 4.69) is 5.11 Å². The third-order valence-electron chi connectivity index (χ3n) is 4.90. The van der Waals surface area contributed by atoms with Crippen LogP contribution < -0.4 is 0 Å². The van der Waals surface area contributed by atoms with E-state index >= 15 is 0 Å². The number of azo groups is 1. The molecule has 0 aliphatic rings. The molecule has 0 bridgehead atoms. The molecule has 0 saturated carbocycles. The minimum Gasteiger partial charge on any atom is -0.594 e. The average molecular weight is 475 g/mol. The lowest BCUT2D eigenvalue weighted by atomic mass is 10.0. The Bertz CT molecular complexity index is 1330. The van der Waals surface area contributed by atoms with Crippen molar-refractivity contribution in [3.63, 3.8) is 0 Å². The van der Waals surface area contributed by atoms with Gasteiger partial charge in [0.2, 0.25) is 5.69 Å². The van der Waals surface area contributed by atoms with Gasteiger partial charge in [-0.1, -0.05) is 28.1 Å². The molecule has 0 heterocycles. The van der Waals surface area contributed by atoms with Crippen molar-refractivity contribution in [2.75, 3.05) is 0 Å². The molecule has 4 aromatic carbocycles. The second-order valence-electron chi connectivity index (χ2n) is 7.14. The van der Waals surface area contributed by atoms with Gasteiger partial charge in [0.15, 0.2) is 11.6 Å². The van der Waals surface area contributed by atoms with Gasteiger partial charge in [-0.05, 0) is 84.9 Å². The average Bonchev–Trinajstić information content (AvgIpc) is 2.85. The Morgan fingerprint density at radius 2 is 0.909 bits per heavy atom. The summed E-state index contributed by atoms with van der Waals surface area (Å²) in [5, 5.41) is 17.6. The zero-order valence-corrected chi connectivity index (χ0v) is 18.6. The largest absolute Gasteiger partial charge is 0.594 e. The SMILES string of the molecule is O=C(c1ccc(Cl)cc1)c1ccc(N=[N+]([O-])c2ccc(C(=O)c3ccc(Cl)cc3)cc2)cc1. The molecule has 0 amide bonds. The number of carbonyl (C=O) groups is 2. The second kappa shape index (κ2) is 9.77. The van der Waals surface area contributed by atoms with Crippen LogP contribution in [0.4, 0.5) is 11.4 Å². The fourth-order valence-electron chi connectivity index (χ4n) is 3.12. The summed E-state index contributed by atoms with van der Waals surface area (Å²) in [5.74, 6) is -0.327. The first kappa shape index (κ1) is 22.4. The van der Waals surface area contributed by atoms with E-state index in [4.69, 9.17) is 23.2 Å². The minimum absolute atomic E-state index is 0.155. The maximum Gasteiger partial charge on any atom is 0.244 e. The van der Waals surface area contributed by atoms with Gasteiger partial charge in [0.05, 0.1) is 0 Å². The topological polar surface area (TPSA) is 72.6 Å². The molecule has 0 atom stereocenters. The van der Waals surface area contributed by atoms with Gasteiger partial charge >= 0.3 is 0 Å². The number of hydrogen-bond acceptors (Lipinski definition) is 4. The van der Waals surface area contributed by atoms with Crippen molar-refractivity contribution >= 4 is 46.1 Å². The highest BCUT2D eigenvalue weighted by Gasteiger charge is 2.12. The first-order valence-corrected chi connectivity index (χ1v) is 10.7. The first-order valence-electron chi connectivity index (χ1n) is 9.90. The summed E-state index contributed by atoms with van der Waals surface area (Å²) in [5.41, 5.74) is 2.59. The molecule has 162 valence electrons. The Kier molecular flexibility index (Phi) is 6.63. The predicted molar refractivity (Wildman–Crippen MR) is 128 cm³/mol. The van der Waals surface area contributed by atoms with Gasteiger partial charge in [-0.2, -0.15) is 0 Å². The van der Waals surface area contributed by atoms with E-state index in [1.54, 1.807) is 84.9 Å². The fraction of sp³-hybridized carbons (Fsp3) is 0. The fourth-order valence-corrected chi connectivity index (χ4v) is 3.37. The van der Waals surface area contributed by atoms with Crippen LogP contribution in [0.25, 0.3) is 0 Å². The Hall–Kier alpha value is -3.80. The van der Waals surface area contributed by atoms with Gasteiger partial charge < -0.3 is 5.21 Å². The zero-order chi connectivity index (χ0) is 23.4. The number of benzene rings is 4. The van der Waals surface area contributed by atoms with Crippen molar-refractivity contribution < 1.29 is 14.4 Å². The summed E-state index contributed by atoms with van der Waals surface area (Å²) in [6.45, 7) is 0. The summed E-state index contributed by atoms with van der Waals surface area (Å²) in [7, 11) is 0. The van der Waals surface area contributed by atoms with E-state index in [0.717, 1.165) is 0 Å². The molecule has 0 unspecified atom stereocenters. The number of hydrogen-bond donors (Lipinski definition) is 0. The molecular weight excluding hydrogens is 459 g/mol. The van der Waals surface area contributed by atoms with Crippen LogP contribution in [-0.2, 0) is 0 Å². The molecule has 4 aromatic rings. The van der Waals surface area contributed by atoms with Crippen LogP contribution >= 0.6 is 23.2 Å². The molecule has 0 aromatic heterocycles. The van der Waals surface area contributed by atoms with Crippen molar-refractivity contribution in [2.24, 2.45) is 5.11 Å². The highest BCUT2D eigenvalue weighted by atomic mass is 35.5. The standard InChI is InChI=1S/C26H16Cl2N2O3/c27-21-9-1-17(2-10-21)25(31)19-5-13-23(14-6-19)29-30(33)24-15-7-20(8-16-24)26(32)18-3-11-22(28)12-4-18/h1-16H. The Morgan fingerprint density at radius 3 is 1.30 bits per heavy atom. The second-order valence-corrected chi connectivity index (χ2v) is 8.01. The van der Waals surface area contributed by atoms with E-state index in [9.17, 15) is 14.8 Å². The van der Waals surface area contributed by atoms with E-state index in [-0.39, 0.29) is 17.3 Å². The van der Waals surface area contributed by atoms with Crippen LogP contribution in [0, 0.1) is 5.21 Å². The van der Waals surface area contributed by atoms with Gasteiger partial charge in [0.1, 0.15) is 5.69 Å². The molecule has 4 rings (SSSR count). The molecule has 0 spiro atoms. The van der Waals surface area contributed by atoms with Crippen LogP contribution in [0.1, 0.15) is 31.8 Å². The molecule has 0 radical (unpaired) electrons. The molecule has 0 fully saturated rings. The van der Waals surface area contributed by atoms with Gasteiger partial charge in [-0.15, -0.1) is 0 Å². The van der Waals surface area contributed by atoms with Gasteiger partial charge in [0.25, 0.3) is 0 Å². The molecule has 0 N–H and O–H groups in total. The van der Waals surface area contributed by atoms with Gasteiger partial charge in [-0.3, -0.25) is 9.59 Å². The lowest BCUT2D eigenvalue weighted by molar-refractivity contribution is -0.435. The van der Waals surface area contributed by atoms with Crippen molar-refractivity contribution in [3.05, 3.63) is 135 Å². The van der Waals surface area contributed by atoms with Gasteiger partial charge in [-0.25, -0.2) is 0 Å². The smallest absolute Gasteiger partial charge is 0.244 e. The van der Waals surface area contributed by atoms with E-state index in [1.165, 1.54) is 12.1 Å². The number of rotatable bonds is 6. The van der Waals surface area contributed by atoms with Gasteiger partial charge in [0, 0.05) is 49.5 Å². The van der Waals surface area contributed by atoms with Crippen LogP contribution in [0.3, 0.4) is 0 Å². The highest BCUT2D eigenvalue weighted by Crippen LogP contribution is 2.22. The van der Waals surface area contributed by atoms with Crippen LogP contribution in [0.15, 0.2) is 102 Å². The summed E-state index contributed by atoms with van der Waals surface area (Å²) in [6, 6.07) is 25.8. The maximum atomic E-state index is 12.5. The number of carbonyl (C=O) groups excluding carboxylic acids is 2. The third kappa shape index (κ3) is 5.34. The van der Waals surface area contributed by atoms with Crippen molar-refractivity contribution in [1.82, 2.24) is 0 Å². The summed E-state index contributed by atoms with van der Waals surface area (Å²) < 4.78 is 0. The quantitative estimate of drug-likeness (QED) is 0.126. The molecular formula is C26H16Cl2N2O3. The summed E-state index contributed by atoms with van der Waals surface area (Å²) in [4.78, 5) is 25.5. The third-order valence-corrected chi connectivity index (χ3v) is 5.40. The van der Waals surface area contributed by atoms with Crippen LogP contribution in [0.2, 0.25) is 10.0 Å². The van der Waals surface area contributed by atoms with E-state index in [1.807, 2.05) is 0 Å². The predicted octanol–water partition coefficient (Wildman–Crippen LogP) is 7.38. The lowest BCUT2D eigenvalue weighted by Gasteiger charge is -2.04. The Morgan fingerprint density at radius 1 is 0.576 bits per heavy atom. The minimum atomic E-state index is -0.173. The van der Waals surface area contributed by atoms with E-state index in [0.29, 0.717) is 42.8 Å². The molecule has 0 aliphatic heterocycles. The van der Waals surface area contributed by atoms with Crippen molar-refractivity contribution in [1.29, 1.82) is 0 Å². The number of ketones is 2. The Labute approximate surface area is 200 Å². The zero-order valence-electron chi connectivity index (χ0n) is 17.1. The normalized spacial score (nSPS) is 11.3. The first-order chi connectivity index (χ1) is 15.9. The summed E-state index contributed by atoms with van der Waals surface area (Å²) >= 11 is 11.7. The number of halogens is 2. The monoisotopic (exact) mass is 474 g/mol. The molecule has 33 heavy (non-hydrogen) atoms. The molecule has 0 saturated heterocycles. The van der Waals surface area contributed by atoms with E-state index < -0.39 is 0 Å². The number of nitrogens with zero attached hydrogens (tertiary/aromatic N) is 2. The van der Waals surface area contributed by atoms with Crippen LogP contribution in [-0.4, -0.2) is 16.4 Å². The van der Waals surface area contributed by atoms with Crippen LogP contribution in [0.5, 0.6) is 0 Å². The molecule has 0 aliphatic carbocycles. The maximum absolute atomic E-state index is 12.5. The molecule has 5 nitrogen and oxygen atoms in total. The summed E-state index contributed by atoms with van der Waals surface area (Å²) in [6.07, 6.45) is 0. The Balaban J connectivity index is 1.48. The highest BCUT2D eigenvalue weighted by molar-refractivity contribution is 6.31. The lowest BCUT2D eigenvalue weighted by Crippen LogP contribution is -2.01. The molecule has 7 heteroatoms. The van der Waals surface area contributed by atoms with Crippen molar-refractivity contribution in [2.45, 2.75) is 0 Å². The van der Waals surface area contributed by atoms with Crippen molar-refractivity contribution in [3.8, 4) is 0 Å².